The minimum atomic E-state index is 0.697. The van der Waals surface area contributed by atoms with Crippen LogP contribution in [-0.2, 0) is 6.42 Å². The molecule has 0 aromatic carbocycles. The summed E-state index contributed by atoms with van der Waals surface area (Å²) in [5.41, 5.74) is 1.04. The molecule has 0 spiro atoms. The number of thiophene rings is 1. The quantitative estimate of drug-likeness (QED) is 0.862. The number of nitrogens with zero attached hydrogens (tertiary/aromatic N) is 2. The fraction of sp³-hybridized carbons (Fsp3) is 0.455. The summed E-state index contributed by atoms with van der Waals surface area (Å²) in [4.78, 5) is 4.36. The molecule has 84 valence electrons. The zero-order valence-electron chi connectivity index (χ0n) is 8.85. The summed E-state index contributed by atoms with van der Waals surface area (Å²) in [6.07, 6.45) is 3.43. The average Bonchev–Trinajstić information content (AvgIpc) is 2.83. The molecule has 1 saturated carbocycles. The highest BCUT2D eigenvalue weighted by atomic mass is 32.1. The van der Waals surface area contributed by atoms with Gasteiger partial charge < -0.3 is 9.84 Å². The molecule has 1 aliphatic rings. The molecule has 5 heteroatoms. The SMILES string of the molecule is c1cc(-c2noc(CCNC3CC3)n2)cs1. The van der Waals surface area contributed by atoms with Crippen LogP contribution in [0, 0.1) is 0 Å². The summed E-state index contributed by atoms with van der Waals surface area (Å²) < 4.78 is 5.19. The van der Waals surface area contributed by atoms with E-state index < -0.39 is 0 Å². The highest BCUT2D eigenvalue weighted by Gasteiger charge is 2.20. The summed E-state index contributed by atoms with van der Waals surface area (Å²) in [6.45, 7) is 0.927. The Morgan fingerprint density at radius 3 is 3.19 bits per heavy atom. The monoisotopic (exact) mass is 235 g/mol. The molecule has 1 aliphatic carbocycles. The normalized spacial score (nSPS) is 15.5. The van der Waals surface area contributed by atoms with Crippen molar-refractivity contribution in [1.82, 2.24) is 15.5 Å². The van der Waals surface area contributed by atoms with E-state index in [-0.39, 0.29) is 0 Å². The summed E-state index contributed by atoms with van der Waals surface area (Å²) in [7, 11) is 0. The standard InChI is InChI=1S/C11H13N3OS/c1-2-9(1)12-5-3-10-13-11(14-15-10)8-4-6-16-7-8/h4,6-7,9,12H,1-3,5H2. The molecule has 1 N–H and O–H groups in total. The van der Waals surface area contributed by atoms with Gasteiger partial charge in [0.25, 0.3) is 0 Å². The van der Waals surface area contributed by atoms with Gasteiger partial charge in [0, 0.05) is 30.0 Å². The smallest absolute Gasteiger partial charge is 0.228 e. The third-order valence-corrected chi connectivity index (χ3v) is 3.28. The molecule has 2 heterocycles. The van der Waals surface area contributed by atoms with Crippen molar-refractivity contribution in [2.45, 2.75) is 25.3 Å². The lowest BCUT2D eigenvalue weighted by atomic mass is 10.3. The zero-order chi connectivity index (χ0) is 10.8. The molecule has 1 fully saturated rings. The van der Waals surface area contributed by atoms with E-state index in [0.717, 1.165) is 24.6 Å². The summed E-state index contributed by atoms with van der Waals surface area (Å²) in [6, 6.07) is 2.74. The van der Waals surface area contributed by atoms with E-state index in [4.69, 9.17) is 4.52 Å². The van der Waals surface area contributed by atoms with Gasteiger partial charge in [0.05, 0.1) is 0 Å². The molecule has 0 atom stereocenters. The van der Waals surface area contributed by atoms with E-state index in [1.165, 1.54) is 12.8 Å². The second-order valence-electron chi connectivity index (χ2n) is 4.00. The minimum absolute atomic E-state index is 0.697. The first-order valence-electron chi connectivity index (χ1n) is 5.50. The van der Waals surface area contributed by atoms with E-state index in [2.05, 4.69) is 15.5 Å². The molecule has 2 aromatic rings. The van der Waals surface area contributed by atoms with E-state index in [1.807, 2.05) is 16.8 Å². The molecule has 0 radical (unpaired) electrons. The molecule has 2 aromatic heterocycles. The highest BCUT2D eigenvalue weighted by Crippen LogP contribution is 2.20. The maximum Gasteiger partial charge on any atom is 0.228 e. The Morgan fingerprint density at radius 1 is 1.50 bits per heavy atom. The van der Waals surface area contributed by atoms with Crippen molar-refractivity contribution in [2.24, 2.45) is 0 Å². The van der Waals surface area contributed by atoms with Crippen LogP contribution < -0.4 is 5.32 Å². The second kappa shape index (κ2) is 4.35. The molecule has 4 nitrogen and oxygen atoms in total. The maximum atomic E-state index is 5.19. The Labute approximate surface area is 97.7 Å². The van der Waals surface area contributed by atoms with Crippen molar-refractivity contribution in [1.29, 1.82) is 0 Å². The van der Waals surface area contributed by atoms with Crippen LogP contribution in [0.5, 0.6) is 0 Å². The molecule has 0 unspecified atom stereocenters. The predicted molar refractivity (Wildman–Crippen MR) is 62.3 cm³/mol. The van der Waals surface area contributed by atoms with E-state index in [9.17, 15) is 0 Å². The van der Waals surface area contributed by atoms with E-state index in [0.29, 0.717) is 11.7 Å². The number of hydrogen-bond donors (Lipinski definition) is 1. The summed E-state index contributed by atoms with van der Waals surface area (Å²) >= 11 is 1.64. The lowest BCUT2D eigenvalue weighted by Crippen LogP contribution is -2.19. The Kier molecular flexibility index (Phi) is 2.71. The Hall–Kier alpha value is -1.20. The first kappa shape index (κ1) is 9.99. The fourth-order valence-electron chi connectivity index (χ4n) is 1.54. The second-order valence-corrected chi connectivity index (χ2v) is 4.78. The van der Waals surface area contributed by atoms with Gasteiger partial charge in [-0.25, -0.2) is 0 Å². The van der Waals surface area contributed by atoms with Crippen molar-refractivity contribution in [2.75, 3.05) is 6.54 Å². The number of rotatable bonds is 5. The summed E-state index contributed by atoms with van der Waals surface area (Å²) in [5.74, 6) is 1.41. The third kappa shape index (κ3) is 2.31. The van der Waals surface area contributed by atoms with Crippen LogP contribution in [0.1, 0.15) is 18.7 Å². The van der Waals surface area contributed by atoms with Crippen molar-refractivity contribution in [3.05, 3.63) is 22.7 Å². The Balaban J connectivity index is 1.59. The molecule has 0 amide bonds. The first-order valence-corrected chi connectivity index (χ1v) is 6.44. The van der Waals surface area contributed by atoms with Gasteiger partial charge in [-0.3, -0.25) is 0 Å². The third-order valence-electron chi connectivity index (χ3n) is 2.60. The van der Waals surface area contributed by atoms with Crippen LogP contribution in [0.3, 0.4) is 0 Å². The number of nitrogens with one attached hydrogen (secondary N) is 1. The van der Waals surface area contributed by atoms with Gasteiger partial charge in [0.1, 0.15) is 0 Å². The molecule has 3 rings (SSSR count). The van der Waals surface area contributed by atoms with Crippen LogP contribution in [0.25, 0.3) is 11.4 Å². The number of aromatic nitrogens is 2. The largest absolute Gasteiger partial charge is 0.339 e. The van der Waals surface area contributed by atoms with Crippen LogP contribution >= 0.6 is 11.3 Å². The topological polar surface area (TPSA) is 51.0 Å². The Morgan fingerprint density at radius 2 is 2.44 bits per heavy atom. The molecule has 16 heavy (non-hydrogen) atoms. The number of hydrogen-bond acceptors (Lipinski definition) is 5. The molecular weight excluding hydrogens is 222 g/mol. The zero-order valence-corrected chi connectivity index (χ0v) is 9.67. The molecule has 0 saturated heterocycles. The van der Waals surface area contributed by atoms with Crippen LogP contribution in [-0.4, -0.2) is 22.7 Å². The molecular formula is C11H13N3OS. The average molecular weight is 235 g/mol. The van der Waals surface area contributed by atoms with Gasteiger partial charge in [0.15, 0.2) is 0 Å². The van der Waals surface area contributed by atoms with Gasteiger partial charge in [-0.15, -0.1) is 0 Å². The van der Waals surface area contributed by atoms with Gasteiger partial charge in [-0.05, 0) is 24.3 Å². The lowest BCUT2D eigenvalue weighted by Gasteiger charge is -1.96. The van der Waals surface area contributed by atoms with E-state index >= 15 is 0 Å². The lowest BCUT2D eigenvalue weighted by molar-refractivity contribution is 0.376. The van der Waals surface area contributed by atoms with Gasteiger partial charge in [-0.2, -0.15) is 16.3 Å². The first-order chi connectivity index (χ1) is 7.92. The maximum absolute atomic E-state index is 5.19. The Bertz CT molecular complexity index is 448. The molecule has 0 bridgehead atoms. The van der Waals surface area contributed by atoms with Crippen molar-refractivity contribution >= 4 is 11.3 Å². The van der Waals surface area contributed by atoms with Crippen molar-refractivity contribution in [3.8, 4) is 11.4 Å². The van der Waals surface area contributed by atoms with Gasteiger partial charge in [0.2, 0.25) is 11.7 Å². The minimum Gasteiger partial charge on any atom is -0.339 e. The fourth-order valence-corrected chi connectivity index (χ4v) is 2.17. The predicted octanol–water partition coefficient (Wildman–Crippen LogP) is 2.09. The van der Waals surface area contributed by atoms with Crippen molar-refractivity contribution in [3.63, 3.8) is 0 Å². The van der Waals surface area contributed by atoms with E-state index in [1.54, 1.807) is 11.3 Å². The molecule has 0 aliphatic heterocycles. The van der Waals surface area contributed by atoms with Crippen LogP contribution in [0.15, 0.2) is 21.3 Å². The summed E-state index contributed by atoms with van der Waals surface area (Å²) in [5, 5.41) is 11.4. The van der Waals surface area contributed by atoms with Crippen LogP contribution in [0.2, 0.25) is 0 Å². The van der Waals surface area contributed by atoms with Crippen LogP contribution in [0.4, 0.5) is 0 Å². The van der Waals surface area contributed by atoms with Gasteiger partial charge >= 0.3 is 0 Å². The van der Waals surface area contributed by atoms with Crippen molar-refractivity contribution < 1.29 is 4.52 Å². The highest BCUT2D eigenvalue weighted by molar-refractivity contribution is 7.08. The van der Waals surface area contributed by atoms with Gasteiger partial charge in [-0.1, -0.05) is 5.16 Å².